The smallest absolute Gasteiger partial charge is 0.368 e. The van der Waals surface area contributed by atoms with Gasteiger partial charge in [-0.25, -0.2) is 0 Å². The van der Waals surface area contributed by atoms with Crippen molar-refractivity contribution in [2.45, 2.75) is 51.8 Å². The zero-order valence-corrected chi connectivity index (χ0v) is 18.1. The normalized spacial score (nSPS) is 16.2. The van der Waals surface area contributed by atoms with E-state index < -0.39 is 29.7 Å². The van der Waals surface area contributed by atoms with Gasteiger partial charge in [-0.1, -0.05) is 38.1 Å². The van der Waals surface area contributed by atoms with E-state index in [9.17, 15) is 22.8 Å². The molecule has 0 saturated carbocycles. The standard InChI is InChI=1S/C24H27F3N2O3/c1-15(2)12-16-5-7-17(8-6-16)13-22(30)29-20-10-9-18(14-19(20)24(25,26)27)28-23(31)21-4-3-11-32-21/h5-10,14-15,21H,3-4,11-13H2,1-2H3,(H,28,31)(H,29,30). The SMILES string of the molecule is CC(C)Cc1ccc(CC(=O)Nc2ccc(NC(=O)C3CCCO3)cc2C(F)(F)F)cc1. The maximum absolute atomic E-state index is 13.6. The van der Waals surface area contributed by atoms with Gasteiger partial charge in [-0.05, 0) is 54.5 Å². The molecule has 1 fully saturated rings. The summed E-state index contributed by atoms with van der Waals surface area (Å²) in [6.45, 7) is 4.68. The second kappa shape index (κ2) is 10.2. The first-order valence-corrected chi connectivity index (χ1v) is 10.6. The highest BCUT2D eigenvalue weighted by molar-refractivity contribution is 5.96. The highest BCUT2D eigenvalue weighted by Gasteiger charge is 2.34. The molecule has 2 N–H and O–H groups in total. The van der Waals surface area contributed by atoms with Gasteiger partial charge < -0.3 is 15.4 Å². The van der Waals surface area contributed by atoms with Gasteiger partial charge in [-0.3, -0.25) is 9.59 Å². The Balaban J connectivity index is 1.69. The largest absolute Gasteiger partial charge is 0.418 e. The molecule has 2 aromatic carbocycles. The molecule has 1 atom stereocenters. The third-order valence-electron chi connectivity index (χ3n) is 5.12. The molecule has 1 aliphatic heterocycles. The summed E-state index contributed by atoms with van der Waals surface area (Å²) in [6, 6.07) is 10.8. The Morgan fingerprint density at radius 2 is 1.75 bits per heavy atom. The summed E-state index contributed by atoms with van der Waals surface area (Å²) in [6.07, 6.45) is -3.22. The van der Waals surface area contributed by atoms with E-state index in [1.54, 1.807) is 0 Å². The van der Waals surface area contributed by atoms with E-state index in [1.807, 2.05) is 24.3 Å². The highest BCUT2D eigenvalue weighted by Crippen LogP contribution is 2.37. The van der Waals surface area contributed by atoms with Crippen LogP contribution < -0.4 is 10.6 Å². The van der Waals surface area contributed by atoms with Crippen molar-refractivity contribution >= 4 is 23.2 Å². The summed E-state index contributed by atoms with van der Waals surface area (Å²) in [7, 11) is 0. The summed E-state index contributed by atoms with van der Waals surface area (Å²) >= 11 is 0. The number of rotatable bonds is 7. The highest BCUT2D eigenvalue weighted by atomic mass is 19.4. The Morgan fingerprint density at radius 3 is 2.34 bits per heavy atom. The predicted molar refractivity (Wildman–Crippen MR) is 116 cm³/mol. The molecule has 2 aromatic rings. The van der Waals surface area contributed by atoms with Crippen molar-refractivity contribution < 1.29 is 27.5 Å². The van der Waals surface area contributed by atoms with E-state index in [2.05, 4.69) is 24.5 Å². The van der Waals surface area contributed by atoms with Crippen LogP contribution in [-0.4, -0.2) is 24.5 Å². The summed E-state index contributed by atoms with van der Waals surface area (Å²) in [5, 5.41) is 4.81. The second-order valence-corrected chi connectivity index (χ2v) is 8.39. The predicted octanol–water partition coefficient (Wildman–Crippen LogP) is 5.20. The molecule has 5 nitrogen and oxygen atoms in total. The number of nitrogens with one attached hydrogen (secondary N) is 2. The lowest BCUT2D eigenvalue weighted by atomic mass is 10.0. The average molecular weight is 448 g/mol. The van der Waals surface area contributed by atoms with E-state index in [0.717, 1.165) is 30.5 Å². The molecule has 32 heavy (non-hydrogen) atoms. The Bertz CT molecular complexity index is 950. The Labute approximate surface area is 185 Å². The number of halogens is 3. The first kappa shape index (κ1) is 23.8. The number of benzene rings is 2. The molecule has 1 aliphatic rings. The third-order valence-corrected chi connectivity index (χ3v) is 5.12. The van der Waals surface area contributed by atoms with Crippen molar-refractivity contribution in [3.05, 3.63) is 59.2 Å². The minimum atomic E-state index is -4.70. The van der Waals surface area contributed by atoms with Gasteiger partial charge in [0, 0.05) is 12.3 Å². The number of alkyl halides is 3. The zero-order valence-electron chi connectivity index (χ0n) is 18.1. The topological polar surface area (TPSA) is 67.4 Å². The number of carbonyl (C=O) groups excluding carboxylic acids is 2. The average Bonchev–Trinajstić information content (AvgIpc) is 3.24. The zero-order chi connectivity index (χ0) is 23.3. The maximum Gasteiger partial charge on any atom is 0.418 e. The lowest BCUT2D eigenvalue weighted by molar-refractivity contribution is -0.137. The van der Waals surface area contributed by atoms with Crippen molar-refractivity contribution in [1.29, 1.82) is 0 Å². The van der Waals surface area contributed by atoms with E-state index in [0.29, 0.717) is 24.5 Å². The van der Waals surface area contributed by atoms with Crippen molar-refractivity contribution in [1.82, 2.24) is 0 Å². The van der Waals surface area contributed by atoms with Crippen LogP contribution >= 0.6 is 0 Å². The quantitative estimate of drug-likeness (QED) is 0.612. The molecule has 172 valence electrons. The van der Waals surface area contributed by atoms with Crippen LogP contribution in [0, 0.1) is 5.92 Å². The van der Waals surface area contributed by atoms with Crippen LogP contribution in [0.1, 0.15) is 43.4 Å². The summed E-state index contributed by atoms with van der Waals surface area (Å²) < 4.78 is 46.1. The minimum Gasteiger partial charge on any atom is -0.368 e. The fourth-order valence-corrected chi connectivity index (χ4v) is 3.62. The summed E-state index contributed by atoms with van der Waals surface area (Å²) in [5.74, 6) is -0.528. The minimum absolute atomic E-state index is 0.00318. The molecule has 1 unspecified atom stereocenters. The van der Waals surface area contributed by atoms with E-state index in [4.69, 9.17) is 4.74 Å². The molecule has 0 aromatic heterocycles. The van der Waals surface area contributed by atoms with E-state index in [1.165, 1.54) is 6.07 Å². The molecule has 0 radical (unpaired) electrons. The van der Waals surface area contributed by atoms with Crippen LogP contribution in [0.3, 0.4) is 0 Å². The van der Waals surface area contributed by atoms with Crippen molar-refractivity contribution in [3.8, 4) is 0 Å². The number of amides is 2. The van der Waals surface area contributed by atoms with Crippen LogP contribution in [-0.2, 0) is 33.3 Å². The van der Waals surface area contributed by atoms with Gasteiger partial charge >= 0.3 is 6.18 Å². The third kappa shape index (κ3) is 6.56. The second-order valence-electron chi connectivity index (χ2n) is 8.39. The van der Waals surface area contributed by atoms with Gasteiger partial charge in [-0.15, -0.1) is 0 Å². The Morgan fingerprint density at radius 1 is 1.06 bits per heavy atom. The van der Waals surface area contributed by atoms with Gasteiger partial charge in [0.2, 0.25) is 5.91 Å². The molecule has 8 heteroatoms. The fraction of sp³-hybridized carbons (Fsp3) is 0.417. The first-order valence-electron chi connectivity index (χ1n) is 10.6. The number of anilines is 2. The monoisotopic (exact) mass is 448 g/mol. The number of hydrogen-bond donors (Lipinski definition) is 2. The van der Waals surface area contributed by atoms with Gasteiger partial charge in [0.25, 0.3) is 5.91 Å². The first-order chi connectivity index (χ1) is 15.1. The molecule has 0 aliphatic carbocycles. The molecular weight excluding hydrogens is 421 g/mol. The van der Waals surface area contributed by atoms with Crippen LogP contribution in [0.15, 0.2) is 42.5 Å². The van der Waals surface area contributed by atoms with Crippen LogP contribution in [0.4, 0.5) is 24.5 Å². The number of ether oxygens (including phenoxy) is 1. The van der Waals surface area contributed by atoms with Crippen LogP contribution in [0.25, 0.3) is 0 Å². The fourth-order valence-electron chi connectivity index (χ4n) is 3.62. The van der Waals surface area contributed by atoms with Gasteiger partial charge in [0.15, 0.2) is 0 Å². The molecular formula is C24H27F3N2O3. The van der Waals surface area contributed by atoms with Crippen molar-refractivity contribution in [2.24, 2.45) is 5.92 Å². The molecule has 1 heterocycles. The summed E-state index contributed by atoms with van der Waals surface area (Å²) in [4.78, 5) is 24.5. The van der Waals surface area contributed by atoms with Gasteiger partial charge in [0.1, 0.15) is 6.10 Å². The Kier molecular flexibility index (Phi) is 7.56. The molecule has 0 spiro atoms. The molecule has 2 amide bonds. The van der Waals surface area contributed by atoms with Crippen LogP contribution in [0.2, 0.25) is 0 Å². The number of carbonyl (C=O) groups is 2. The van der Waals surface area contributed by atoms with Crippen LogP contribution in [0.5, 0.6) is 0 Å². The lowest BCUT2D eigenvalue weighted by Crippen LogP contribution is -2.27. The van der Waals surface area contributed by atoms with Crippen molar-refractivity contribution in [2.75, 3.05) is 17.2 Å². The molecule has 3 rings (SSSR count). The summed E-state index contributed by atoms with van der Waals surface area (Å²) in [5.41, 5.74) is 0.474. The van der Waals surface area contributed by atoms with Gasteiger partial charge in [0.05, 0.1) is 17.7 Å². The lowest BCUT2D eigenvalue weighted by Gasteiger charge is -2.17. The van der Waals surface area contributed by atoms with Gasteiger partial charge in [-0.2, -0.15) is 13.2 Å². The van der Waals surface area contributed by atoms with E-state index >= 15 is 0 Å². The molecule has 1 saturated heterocycles. The molecule has 0 bridgehead atoms. The van der Waals surface area contributed by atoms with E-state index in [-0.39, 0.29) is 17.8 Å². The maximum atomic E-state index is 13.6. The van der Waals surface area contributed by atoms with Crippen molar-refractivity contribution in [3.63, 3.8) is 0 Å². The number of hydrogen-bond acceptors (Lipinski definition) is 3. The Hall–Kier alpha value is -2.87.